The van der Waals surface area contributed by atoms with Crippen LogP contribution in [-0.4, -0.2) is 20.9 Å². The summed E-state index contributed by atoms with van der Waals surface area (Å²) >= 11 is 11.9. The molecule has 3 aromatic rings. The average molecular weight is 391 g/mol. The van der Waals surface area contributed by atoms with Gasteiger partial charge in [-0.2, -0.15) is 5.10 Å². The van der Waals surface area contributed by atoms with Gasteiger partial charge in [-0.15, -0.1) is 0 Å². The van der Waals surface area contributed by atoms with E-state index in [-0.39, 0.29) is 5.56 Å². The van der Waals surface area contributed by atoms with Crippen molar-refractivity contribution in [2.45, 2.75) is 0 Å². The summed E-state index contributed by atoms with van der Waals surface area (Å²) in [6.07, 6.45) is 1.09. The SMILES string of the molecule is O=c1[nH]c(=O)n(-c2ccccc2)c(O)c1/C=N/Nc1cc(Cl)ccc1Cl. The van der Waals surface area contributed by atoms with Crippen molar-refractivity contribution in [3.05, 3.63) is 85.0 Å². The number of H-pyrrole nitrogens is 1. The number of hydrazone groups is 1. The fourth-order valence-electron chi connectivity index (χ4n) is 2.22. The second kappa shape index (κ2) is 7.47. The third kappa shape index (κ3) is 3.63. The number of aromatic hydroxyl groups is 1. The summed E-state index contributed by atoms with van der Waals surface area (Å²) in [5.41, 5.74) is 1.71. The summed E-state index contributed by atoms with van der Waals surface area (Å²) in [6, 6.07) is 13.1. The van der Waals surface area contributed by atoms with Gasteiger partial charge >= 0.3 is 5.69 Å². The number of para-hydroxylation sites is 1. The van der Waals surface area contributed by atoms with E-state index in [0.29, 0.717) is 21.4 Å². The van der Waals surface area contributed by atoms with Crippen molar-refractivity contribution in [1.29, 1.82) is 0 Å². The fraction of sp³-hybridized carbons (Fsp3) is 0. The summed E-state index contributed by atoms with van der Waals surface area (Å²) in [5, 5.41) is 15.1. The molecule has 0 aliphatic rings. The molecule has 0 aliphatic carbocycles. The van der Waals surface area contributed by atoms with E-state index in [1.54, 1.807) is 48.5 Å². The van der Waals surface area contributed by atoms with Crippen LogP contribution in [0.4, 0.5) is 5.69 Å². The predicted molar refractivity (Wildman–Crippen MR) is 102 cm³/mol. The van der Waals surface area contributed by atoms with Crippen LogP contribution in [0.5, 0.6) is 5.88 Å². The van der Waals surface area contributed by atoms with Crippen LogP contribution in [0.1, 0.15) is 5.56 Å². The van der Waals surface area contributed by atoms with Crippen LogP contribution in [0.2, 0.25) is 10.0 Å². The number of aromatic amines is 1. The second-order valence-corrected chi connectivity index (χ2v) is 6.01. The van der Waals surface area contributed by atoms with Crippen molar-refractivity contribution in [3.8, 4) is 11.6 Å². The van der Waals surface area contributed by atoms with Gasteiger partial charge in [0.2, 0.25) is 5.88 Å². The molecule has 9 heteroatoms. The van der Waals surface area contributed by atoms with E-state index in [0.717, 1.165) is 10.8 Å². The lowest BCUT2D eigenvalue weighted by Gasteiger charge is -2.09. The maximum Gasteiger partial charge on any atom is 0.335 e. The van der Waals surface area contributed by atoms with Crippen LogP contribution in [0.25, 0.3) is 5.69 Å². The van der Waals surface area contributed by atoms with Gasteiger partial charge < -0.3 is 5.11 Å². The Balaban J connectivity index is 1.99. The Bertz CT molecular complexity index is 1090. The largest absolute Gasteiger partial charge is 0.493 e. The number of aromatic nitrogens is 2. The molecular formula is C17H12Cl2N4O3. The standard InChI is InChI=1S/C17H12Cl2N4O3/c18-10-6-7-13(19)14(8-10)22-20-9-12-15(24)21-17(26)23(16(12)25)11-4-2-1-3-5-11/h1-9,22,25H,(H,21,24,26)/b20-9+. The van der Waals surface area contributed by atoms with Gasteiger partial charge in [0, 0.05) is 5.02 Å². The Hall–Kier alpha value is -3.03. The van der Waals surface area contributed by atoms with E-state index in [2.05, 4.69) is 15.5 Å². The quantitative estimate of drug-likeness (QED) is 0.470. The highest BCUT2D eigenvalue weighted by molar-refractivity contribution is 6.35. The van der Waals surface area contributed by atoms with E-state index >= 15 is 0 Å². The molecule has 0 atom stereocenters. The molecule has 0 aliphatic heterocycles. The molecule has 0 unspecified atom stereocenters. The molecule has 0 saturated carbocycles. The first kappa shape index (κ1) is 17.8. The predicted octanol–water partition coefficient (Wildman–Crippen LogP) is 2.98. The first-order chi connectivity index (χ1) is 12.5. The highest BCUT2D eigenvalue weighted by atomic mass is 35.5. The second-order valence-electron chi connectivity index (χ2n) is 5.16. The number of anilines is 1. The van der Waals surface area contributed by atoms with Gasteiger partial charge in [-0.25, -0.2) is 9.36 Å². The monoisotopic (exact) mass is 390 g/mol. The Morgan fingerprint density at radius 1 is 1.12 bits per heavy atom. The molecular weight excluding hydrogens is 379 g/mol. The third-order valence-corrected chi connectivity index (χ3v) is 4.01. The van der Waals surface area contributed by atoms with Gasteiger partial charge in [0.1, 0.15) is 5.56 Å². The maximum absolute atomic E-state index is 12.0. The topological polar surface area (TPSA) is 99.5 Å². The van der Waals surface area contributed by atoms with Gasteiger partial charge in [-0.05, 0) is 30.3 Å². The lowest BCUT2D eigenvalue weighted by Crippen LogP contribution is -2.31. The highest BCUT2D eigenvalue weighted by Crippen LogP contribution is 2.25. The number of benzene rings is 2. The van der Waals surface area contributed by atoms with Crippen molar-refractivity contribution in [2.75, 3.05) is 5.43 Å². The van der Waals surface area contributed by atoms with Crippen molar-refractivity contribution in [3.63, 3.8) is 0 Å². The lowest BCUT2D eigenvalue weighted by atomic mass is 10.3. The van der Waals surface area contributed by atoms with E-state index in [4.69, 9.17) is 23.2 Å². The minimum atomic E-state index is -0.776. The van der Waals surface area contributed by atoms with Crippen LogP contribution in [0.15, 0.2) is 63.2 Å². The van der Waals surface area contributed by atoms with Gasteiger partial charge in [-0.3, -0.25) is 15.2 Å². The summed E-state index contributed by atoms with van der Waals surface area (Å²) in [7, 11) is 0. The third-order valence-electron chi connectivity index (χ3n) is 3.44. The molecule has 1 heterocycles. The molecule has 2 aromatic carbocycles. The Labute approximate surface area is 157 Å². The van der Waals surface area contributed by atoms with Crippen molar-refractivity contribution in [2.24, 2.45) is 5.10 Å². The number of halogens is 2. The number of hydrogen-bond acceptors (Lipinski definition) is 5. The number of hydrogen-bond donors (Lipinski definition) is 3. The first-order valence-corrected chi connectivity index (χ1v) is 8.11. The summed E-state index contributed by atoms with van der Waals surface area (Å²) in [4.78, 5) is 26.2. The van der Waals surface area contributed by atoms with Gasteiger partial charge in [0.25, 0.3) is 5.56 Å². The number of rotatable bonds is 4. The highest BCUT2D eigenvalue weighted by Gasteiger charge is 2.14. The molecule has 0 radical (unpaired) electrons. The van der Waals surface area contributed by atoms with Gasteiger partial charge in [0.05, 0.1) is 22.6 Å². The zero-order valence-electron chi connectivity index (χ0n) is 13.1. The Kier molecular flexibility index (Phi) is 5.11. The summed E-state index contributed by atoms with van der Waals surface area (Å²) in [5.74, 6) is -0.535. The van der Waals surface area contributed by atoms with E-state index in [9.17, 15) is 14.7 Å². The minimum absolute atomic E-state index is 0.195. The first-order valence-electron chi connectivity index (χ1n) is 7.35. The molecule has 0 spiro atoms. The van der Waals surface area contributed by atoms with Crippen molar-refractivity contribution < 1.29 is 5.11 Å². The average Bonchev–Trinajstić information content (AvgIpc) is 2.61. The van der Waals surface area contributed by atoms with Crippen LogP contribution in [0.3, 0.4) is 0 Å². The van der Waals surface area contributed by atoms with Gasteiger partial charge in [-0.1, -0.05) is 41.4 Å². The van der Waals surface area contributed by atoms with Crippen LogP contribution in [-0.2, 0) is 0 Å². The fourth-order valence-corrected chi connectivity index (χ4v) is 2.55. The molecule has 26 heavy (non-hydrogen) atoms. The van der Waals surface area contributed by atoms with E-state index in [1.165, 1.54) is 0 Å². The Morgan fingerprint density at radius 2 is 1.85 bits per heavy atom. The summed E-state index contributed by atoms with van der Waals surface area (Å²) < 4.78 is 0.967. The molecule has 3 rings (SSSR count). The number of nitrogens with one attached hydrogen (secondary N) is 2. The minimum Gasteiger partial charge on any atom is -0.493 e. The molecule has 132 valence electrons. The van der Waals surface area contributed by atoms with Crippen molar-refractivity contribution >= 4 is 35.1 Å². The molecule has 1 aromatic heterocycles. The molecule has 0 bridgehead atoms. The zero-order chi connectivity index (χ0) is 18.7. The Morgan fingerprint density at radius 3 is 2.58 bits per heavy atom. The molecule has 0 fully saturated rings. The number of nitrogens with zero attached hydrogens (tertiary/aromatic N) is 2. The summed E-state index contributed by atoms with van der Waals surface area (Å²) in [6.45, 7) is 0. The lowest BCUT2D eigenvalue weighted by molar-refractivity contribution is 0.430. The normalized spacial score (nSPS) is 11.0. The van der Waals surface area contributed by atoms with E-state index in [1.807, 2.05) is 0 Å². The molecule has 0 amide bonds. The zero-order valence-corrected chi connectivity index (χ0v) is 14.6. The van der Waals surface area contributed by atoms with Crippen molar-refractivity contribution in [1.82, 2.24) is 9.55 Å². The maximum atomic E-state index is 12.0. The van der Waals surface area contributed by atoms with Crippen LogP contribution in [0, 0.1) is 0 Å². The molecule has 7 nitrogen and oxygen atoms in total. The molecule has 3 N–H and O–H groups in total. The van der Waals surface area contributed by atoms with Crippen LogP contribution < -0.4 is 16.7 Å². The van der Waals surface area contributed by atoms with Gasteiger partial charge in [0.15, 0.2) is 0 Å². The van der Waals surface area contributed by atoms with Crippen LogP contribution >= 0.6 is 23.2 Å². The smallest absolute Gasteiger partial charge is 0.335 e. The molecule has 0 saturated heterocycles. The van der Waals surface area contributed by atoms with E-state index < -0.39 is 17.1 Å².